The van der Waals surface area contributed by atoms with Gasteiger partial charge in [-0.05, 0) is 24.3 Å². The fraction of sp³-hybridized carbons (Fsp3) is 0.176. The largest absolute Gasteiger partial charge is 0.497 e. The van der Waals surface area contributed by atoms with Crippen LogP contribution in [0, 0.1) is 0 Å². The van der Waals surface area contributed by atoms with Crippen LogP contribution < -0.4 is 15.0 Å². The molecule has 1 aliphatic rings. The molecule has 0 aliphatic carbocycles. The van der Waals surface area contributed by atoms with E-state index in [9.17, 15) is 4.79 Å². The number of fused-ring (bicyclic) bond motifs is 3. The second-order valence-electron chi connectivity index (χ2n) is 5.12. The van der Waals surface area contributed by atoms with Crippen molar-refractivity contribution >= 4 is 11.0 Å². The molecule has 4 rings (SSSR count). The SMILES string of the molecule is COc1cccc(-n2c(=O)c3c(c4cccnc42)OCC3)c1. The van der Waals surface area contributed by atoms with E-state index in [1.807, 2.05) is 36.4 Å². The van der Waals surface area contributed by atoms with E-state index in [2.05, 4.69) is 4.98 Å². The molecule has 2 aromatic heterocycles. The number of aromatic nitrogens is 2. The Balaban J connectivity index is 2.11. The number of pyridine rings is 2. The van der Waals surface area contributed by atoms with Gasteiger partial charge in [0.25, 0.3) is 5.56 Å². The van der Waals surface area contributed by atoms with E-state index in [1.165, 1.54) is 0 Å². The molecule has 0 saturated carbocycles. The van der Waals surface area contributed by atoms with Crippen LogP contribution >= 0.6 is 0 Å². The number of hydrogen-bond acceptors (Lipinski definition) is 4. The van der Waals surface area contributed by atoms with Crippen LogP contribution in [-0.2, 0) is 6.42 Å². The highest BCUT2D eigenvalue weighted by atomic mass is 16.5. The standard InChI is InChI=1S/C17H14N2O3/c1-21-12-5-2-4-11(10-12)19-16-13(6-3-8-18-16)15-14(17(19)20)7-9-22-15/h2-6,8,10H,7,9H2,1H3. The van der Waals surface area contributed by atoms with Crippen molar-refractivity contribution in [2.24, 2.45) is 0 Å². The predicted octanol–water partition coefficient (Wildman–Crippen LogP) is 2.33. The first-order valence-electron chi connectivity index (χ1n) is 7.09. The summed E-state index contributed by atoms with van der Waals surface area (Å²) in [5.41, 5.74) is 1.97. The van der Waals surface area contributed by atoms with Gasteiger partial charge in [-0.15, -0.1) is 0 Å². The summed E-state index contributed by atoms with van der Waals surface area (Å²) >= 11 is 0. The maximum atomic E-state index is 12.9. The predicted molar refractivity (Wildman–Crippen MR) is 83.1 cm³/mol. The van der Waals surface area contributed by atoms with Gasteiger partial charge in [0.15, 0.2) is 5.65 Å². The van der Waals surface area contributed by atoms with Crippen LogP contribution in [-0.4, -0.2) is 23.3 Å². The average molecular weight is 294 g/mol. The Morgan fingerprint density at radius 2 is 2.18 bits per heavy atom. The fourth-order valence-electron chi connectivity index (χ4n) is 2.87. The lowest BCUT2D eigenvalue weighted by Gasteiger charge is -2.13. The zero-order valence-electron chi connectivity index (χ0n) is 12.1. The molecule has 0 spiro atoms. The zero-order valence-corrected chi connectivity index (χ0v) is 12.1. The molecule has 110 valence electrons. The topological polar surface area (TPSA) is 53.4 Å². The molecule has 0 bridgehead atoms. The summed E-state index contributed by atoms with van der Waals surface area (Å²) in [5, 5.41) is 0.859. The zero-order chi connectivity index (χ0) is 15.1. The lowest BCUT2D eigenvalue weighted by molar-refractivity contribution is 0.360. The second-order valence-corrected chi connectivity index (χ2v) is 5.12. The summed E-state index contributed by atoms with van der Waals surface area (Å²) in [7, 11) is 1.61. The molecule has 5 heteroatoms. The second kappa shape index (κ2) is 4.87. The lowest BCUT2D eigenvalue weighted by Crippen LogP contribution is -2.22. The van der Waals surface area contributed by atoms with Gasteiger partial charge in [-0.1, -0.05) is 6.07 Å². The van der Waals surface area contributed by atoms with E-state index < -0.39 is 0 Å². The molecule has 0 fully saturated rings. The van der Waals surface area contributed by atoms with Crippen LogP contribution in [0.3, 0.4) is 0 Å². The maximum absolute atomic E-state index is 12.9. The van der Waals surface area contributed by atoms with Crippen LogP contribution in [0.5, 0.6) is 11.5 Å². The van der Waals surface area contributed by atoms with Crippen LogP contribution in [0.15, 0.2) is 47.4 Å². The maximum Gasteiger partial charge on any atom is 0.263 e. The third kappa shape index (κ3) is 1.79. The number of benzene rings is 1. The fourth-order valence-corrected chi connectivity index (χ4v) is 2.87. The molecule has 0 atom stereocenters. The average Bonchev–Trinajstić information content (AvgIpc) is 3.06. The minimum atomic E-state index is -0.0769. The first-order valence-corrected chi connectivity index (χ1v) is 7.09. The number of rotatable bonds is 2. The van der Waals surface area contributed by atoms with Crippen molar-refractivity contribution in [2.75, 3.05) is 13.7 Å². The third-order valence-corrected chi connectivity index (χ3v) is 3.89. The van der Waals surface area contributed by atoms with E-state index in [4.69, 9.17) is 9.47 Å². The Bertz CT molecular complexity index is 931. The minimum Gasteiger partial charge on any atom is -0.497 e. The van der Waals surface area contributed by atoms with Gasteiger partial charge in [0.05, 0.1) is 30.4 Å². The number of nitrogens with zero attached hydrogens (tertiary/aromatic N) is 2. The van der Waals surface area contributed by atoms with Gasteiger partial charge < -0.3 is 9.47 Å². The molecular formula is C17H14N2O3. The highest BCUT2D eigenvalue weighted by Crippen LogP contribution is 2.32. The smallest absolute Gasteiger partial charge is 0.263 e. The Kier molecular flexibility index (Phi) is 2.85. The summed E-state index contributed by atoms with van der Waals surface area (Å²) in [5.74, 6) is 1.37. The van der Waals surface area contributed by atoms with Crippen molar-refractivity contribution in [3.05, 3.63) is 58.5 Å². The Morgan fingerprint density at radius 1 is 1.27 bits per heavy atom. The molecule has 0 radical (unpaired) electrons. The summed E-state index contributed by atoms with van der Waals surface area (Å²) in [6.07, 6.45) is 2.31. The Hall–Kier alpha value is -2.82. The van der Waals surface area contributed by atoms with E-state index in [1.54, 1.807) is 17.9 Å². The van der Waals surface area contributed by atoms with E-state index in [-0.39, 0.29) is 5.56 Å². The van der Waals surface area contributed by atoms with Crippen molar-refractivity contribution in [1.29, 1.82) is 0 Å². The Morgan fingerprint density at radius 3 is 3.05 bits per heavy atom. The monoisotopic (exact) mass is 294 g/mol. The highest BCUT2D eigenvalue weighted by Gasteiger charge is 2.23. The van der Waals surface area contributed by atoms with Gasteiger partial charge in [0.2, 0.25) is 0 Å². The molecule has 0 N–H and O–H groups in total. The molecule has 1 aliphatic heterocycles. The molecule has 0 saturated heterocycles. The van der Waals surface area contributed by atoms with Gasteiger partial charge in [0, 0.05) is 18.7 Å². The van der Waals surface area contributed by atoms with Crippen molar-refractivity contribution < 1.29 is 9.47 Å². The number of methoxy groups -OCH3 is 1. The third-order valence-electron chi connectivity index (χ3n) is 3.89. The van der Waals surface area contributed by atoms with Crippen molar-refractivity contribution in [2.45, 2.75) is 6.42 Å². The molecule has 0 unspecified atom stereocenters. The first kappa shape index (κ1) is 12.9. The molecule has 3 aromatic rings. The lowest BCUT2D eigenvalue weighted by atomic mass is 10.1. The summed E-state index contributed by atoms with van der Waals surface area (Å²) in [4.78, 5) is 17.3. The van der Waals surface area contributed by atoms with E-state index >= 15 is 0 Å². The minimum absolute atomic E-state index is 0.0769. The van der Waals surface area contributed by atoms with Gasteiger partial charge in [-0.2, -0.15) is 0 Å². The highest BCUT2D eigenvalue weighted by molar-refractivity contribution is 5.85. The molecule has 0 amide bonds. The first-order chi connectivity index (χ1) is 10.8. The van der Waals surface area contributed by atoms with E-state index in [0.29, 0.717) is 35.7 Å². The van der Waals surface area contributed by atoms with Crippen LogP contribution in [0.2, 0.25) is 0 Å². The van der Waals surface area contributed by atoms with E-state index in [0.717, 1.165) is 11.1 Å². The summed E-state index contributed by atoms with van der Waals surface area (Å²) in [6, 6.07) is 11.2. The van der Waals surface area contributed by atoms with Crippen LogP contribution in [0.4, 0.5) is 0 Å². The normalized spacial score (nSPS) is 13.0. The Labute approximate surface area is 126 Å². The van der Waals surface area contributed by atoms with Gasteiger partial charge >= 0.3 is 0 Å². The van der Waals surface area contributed by atoms with Crippen molar-refractivity contribution in [3.8, 4) is 17.2 Å². The van der Waals surface area contributed by atoms with Gasteiger partial charge in [-0.25, -0.2) is 4.98 Å². The summed E-state index contributed by atoms with van der Waals surface area (Å²) in [6.45, 7) is 0.538. The molecule has 3 heterocycles. The molecule has 5 nitrogen and oxygen atoms in total. The van der Waals surface area contributed by atoms with Gasteiger partial charge in [-0.3, -0.25) is 9.36 Å². The number of ether oxygens (including phenoxy) is 2. The van der Waals surface area contributed by atoms with Crippen LogP contribution in [0.1, 0.15) is 5.56 Å². The molecular weight excluding hydrogens is 280 g/mol. The molecule has 1 aromatic carbocycles. The number of hydrogen-bond donors (Lipinski definition) is 0. The van der Waals surface area contributed by atoms with Crippen molar-refractivity contribution in [1.82, 2.24) is 9.55 Å². The van der Waals surface area contributed by atoms with Crippen LogP contribution in [0.25, 0.3) is 16.7 Å². The molecule has 22 heavy (non-hydrogen) atoms. The van der Waals surface area contributed by atoms with Gasteiger partial charge in [0.1, 0.15) is 11.5 Å². The van der Waals surface area contributed by atoms with Crippen molar-refractivity contribution in [3.63, 3.8) is 0 Å². The quantitative estimate of drug-likeness (QED) is 0.728. The summed E-state index contributed by atoms with van der Waals surface area (Å²) < 4.78 is 12.5.